The van der Waals surface area contributed by atoms with Gasteiger partial charge in [-0.25, -0.2) is 4.39 Å². The summed E-state index contributed by atoms with van der Waals surface area (Å²) in [6, 6.07) is 6.14. The van der Waals surface area contributed by atoms with Crippen LogP contribution in [-0.4, -0.2) is 14.9 Å². The summed E-state index contributed by atoms with van der Waals surface area (Å²) in [5.41, 5.74) is 1.42. The number of aliphatic hydroxyl groups is 1. The van der Waals surface area contributed by atoms with Crippen molar-refractivity contribution in [3.8, 4) is 0 Å². The molecule has 0 bridgehead atoms. The second-order valence-corrected chi connectivity index (χ2v) is 4.80. The van der Waals surface area contributed by atoms with E-state index < -0.39 is 6.10 Å². The van der Waals surface area contributed by atoms with Gasteiger partial charge in [0, 0.05) is 21.9 Å². The van der Waals surface area contributed by atoms with Gasteiger partial charge in [0.2, 0.25) is 0 Å². The first-order valence-corrected chi connectivity index (χ1v) is 6.36. The Hall–Kier alpha value is -0.950. The first-order chi connectivity index (χ1) is 8.13. The van der Waals surface area contributed by atoms with Gasteiger partial charge >= 0.3 is 0 Å². The number of aliphatic hydroxyl groups excluding tert-OH is 1. The van der Waals surface area contributed by atoms with Crippen LogP contribution in [0.25, 0.3) is 0 Å². The average Bonchev–Trinajstić information content (AvgIpc) is 2.76. The lowest BCUT2D eigenvalue weighted by molar-refractivity contribution is 0.207. The molecule has 0 saturated heterocycles. The molecule has 0 fully saturated rings. The van der Waals surface area contributed by atoms with Crippen molar-refractivity contribution >= 4 is 22.6 Å². The Kier molecular flexibility index (Phi) is 3.78. The van der Waals surface area contributed by atoms with Gasteiger partial charge in [0.25, 0.3) is 0 Å². The van der Waals surface area contributed by atoms with Gasteiger partial charge in [-0.2, -0.15) is 5.10 Å². The molecule has 0 aliphatic carbocycles. The Balaban J connectivity index is 2.40. The highest BCUT2D eigenvalue weighted by Gasteiger charge is 2.17. The summed E-state index contributed by atoms with van der Waals surface area (Å²) in [5.74, 6) is -0.297. The topological polar surface area (TPSA) is 38.0 Å². The van der Waals surface area contributed by atoms with Gasteiger partial charge in [0.15, 0.2) is 0 Å². The fourth-order valence-corrected chi connectivity index (χ4v) is 2.49. The van der Waals surface area contributed by atoms with E-state index in [1.54, 1.807) is 23.0 Å². The van der Waals surface area contributed by atoms with Crippen LogP contribution in [0.2, 0.25) is 0 Å². The second kappa shape index (κ2) is 5.14. The molecule has 1 aromatic carbocycles. The molecule has 1 unspecified atom stereocenters. The van der Waals surface area contributed by atoms with Crippen molar-refractivity contribution < 1.29 is 9.50 Å². The number of aromatic nitrogens is 2. The van der Waals surface area contributed by atoms with Crippen LogP contribution in [0.5, 0.6) is 0 Å². The summed E-state index contributed by atoms with van der Waals surface area (Å²) in [6.07, 6.45) is 0.878. The highest BCUT2D eigenvalue weighted by atomic mass is 127. The molecule has 0 radical (unpaired) electrons. The predicted octanol–water partition coefficient (Wildman–Crippen LogP) is 2.73. The van der Waals surface area contributed by atoms with E-state index >= 15 is 0 Å². The highest BCUT2D eigenvalue weighted by Crippen LogP contribution is 2.26. The molecule has 0 saturated carbocycles. The molecule has 0 spiro atoms. The van der Waals surface area contributed by atoms with Crippen LogP contribution in [0.15, 0.2) is 30.5 Å². The molecule has 0 amide bonds. The third kappa shape index (κ3) is 2.50. The normalized spacial score (nSPS) is 12.7. The van der Waals surface area contributed by atoms with E-state index in [0.29, 0.717) is 15.7 Å². The maximum atomic E-state index is 13.0. The molecule has 1 N–H and O–H groups in total. The summed E-state index contributed by atoms with van der Waals surface area (Å²) >= 11 is 2.02. The van der Waals surface area contributed by atoms with Crippen molar-refractivity contribution in [2.45, 2.75) is 19.6 Å². The molecule has 1 aromatic heterocycles. The van der Waals surface area contributed by atoms with E-state index in [0.717, 1.165) is 5.69 Å². The highest BCUT2D eigenvalue weighted by molar-refractivity contribution is 14.1. The van der Waals surface area contributed by atoms with Crippen LogP contribution in [-0.2, 0) is 6.54 Å². The standard InChI is InChI=1S/C12H12FIN2O/c1-2-16-11(5-6-15-16)12(17)9-4-3-8(13)7-10(9)14/h3-7,12,17H,2H2,1H3. The number of aryl methyl sites for hydroxylation is 1. The molecule has 1 atom stereocenters. The fraction of sp³-hybridized carbons (Fsp3) is 0.250. The SMILES string of the molecule is CCn1nccc1C(O)c1ccc(F)cc1I. The Morgan fingerprint density at radius 2 is 2.24 bits per heavy atom. The van der Waals surface area contributed by atoms with E-state index in [1.807, 2.05) is 29.5 Å². The summed E-state index contributed by atoms with van der Waals surface area (Å²) < 4.78 is 15.4. The van der Waals surface area contributed by atoms with Gasteiger partial charge in [0.05, 0.1) is 5.69 Å². The molecule has 0 aliphatic rings. The van der Waals surface area contributed by atoms with Gasteiger partial charge in [0.1, 0.15) is 11.9 Å². The van der Waals surface area contributed by atoms with Gasteiger partial charge in [-0.05, 0) is 47.7 Å². The minimum atomic E-state index is -0.773. The maximum Gasteiger partial charge on any atom is 0.124 e. The zero-order valence-electron chi connectivity index (χ0n) is 9.27. The van der Waals surface area contributed by atoms with E-state index in [4.69, 9.17) is 0 Å². The molecule has 0 aliphatic heterocycles. The molecule has 90 valence electrons. The molecule has 3 nitrogen and oxygen atoms in total. The molecule has 2 aromatic rings. The zero-order chi connectivity index (χ0) is 12.4. The summed E-state index contributed by atoms with van der Waals surface area (Å²) in [5, 5.41) is 14.4. The molecule has 2 rings (SSSR count). The van der Waals surface area contributed by atoms with Gasteiger partial charge in [-0.1, -0.05) is 6.07 Å². The minimum Gasteiger partial charge on any atom is -0.382 e. The van der Waals surface area contributed by atoms with Crippen molar-refractivity contribution in [2.75, 3.05) is 0 Å². The first-order valence-electron chi connectivity index (χ1n) is 5.28. The average molecular weight is 346 g/mol. The first kappa shape index (κ1) is 12.5. The molecule has 5 heteroatoms. The minimum absolute atomic E-state index is 0.297. The maximum absolute atomic E-state index is 13.0. The Bertz CT molecular complexity index is 527. The van der Waals surface area contributed by atoms with Crippen LogP contribution < -0.4 is 0 Å². The molecular formula is C12H12FIN2O. The Labute approximate surface area is 112 Å². The van der Waals surface area contributed by atoms with E-state index in [9.17, 15) is 9.50 Å². The quantitative estimate of drug-likeness (QED) is 0.868. The van der Waals surface area contributed by atoms with Gasteiger partial charge < -0.3 is 5.11 Å². The van der Waals surface area contributed by atoms with E-state index in [-0.39, 0.29) is 5.82 Å². The number of nitrogens with zero attached hydrogens (tertiary/aromatic N) is 2. The number of halogens is 2. The van der Waals surface area contributed by atoms with Crippen molar-refractivity contribution in [3.63, 3.8) is 0 Å². The Morgan fingerprint density at radius 1 is 1.47 bits per heavy atom. The van der Waals surface area contributed by atoms with Crippen molar-refractivity contribution in [3.05, 3.63) is 51.1 Å². The zero-order valence-corrected chi connectivity index (χ0v) is 11.4. The van der Waals surface area contributed by atoms with Gasteiger partial charge in [-0.15, -0.1) is 0 Å². The lowest BCUT2D eigenvalue weighted by Crippen LogP contribution is -2.10. The lowest BCUT2D eigenvalue weighted by atomic mass is 10.1. The van der Waals surface area contributed by atoms with E-state index in [1.165, 1.54) is 12.1 Å². The number of benzene rings is 1. The molecular weight excluding hydrogens is 334 g/mol. The largest absolute Gasteiger partial charge is 0.382 e. The predicted molar refractivity (Wildman–Crippen MR) is 71.1 cm³/mol. The lowest BCUT2D eigenvalue weighted by Gasteiger charge is -2.14. The third-order valence-electron chi connectivity index (χ3n) is 2.59. The molecule has 17 heavy (non-hydrogen) atoms. The summed E-state index contributed by atoms with van der Waals surface area (Å²) in [4.78, 5) is 0. The summed E-state index contributed by atoms with van der Waals surface area (Å²) in [7, 11) is 0. The monoisotopic (exact) mass is 346 g/mol. The van der Waals surface area contributed by atoms with Crippen molar-refractivity contribution in [1.29, 1.82) is 0 Å². The second-order valence-electron chi connectivity index (χ2n) is 3.64. The van der Waals surface area contributed by atoms with Crippen LogP contribution in [0.1, 0.15) is 24.3 Å². The number of hydrogen-bond acceptors (Lipinski definition) is 2. The summed E-state index contributed by atoms with van der Waals surface area (Å²) in [6.45, 7) is 2.65. The van der Waals surface area contributed by atoms with Crippen LogP contribution in [0.3, 0.4) is 0 Å². The van der Waals surface area contributed by atoms with Crippen LogP contribution in [0, 0.1) is 9.39 Å². The smallest absolute Gasteiger partial charge is 0.124 e. The number of rotatable bonds is 3. The molecule has 1 heterocycles. The van der Waals surface area contributed by atoms with E-state index in [2.05, 4.69) is 5.10 Å². The van der Waals surface area contributed by atoms with Gasteiger partial charge in [-0.3, -0.25) is 4.68 Å². The van der Waals surface area contributed by atoms with Crippen molar-refractivity contribution in [2.24, 2.45) is 0 Å². The van der Waals surface area contributed by atoms with Crippen LogP contribution in [0.4, 0.5) is 4.39 Å². The Morgan fingerprint density at radius 3 is 2.88 bits per heavy atom. The van der Waals surface area contributed by atoms with Crippen molar-refractivity contribution in [1.82, 2.24) is 9.78 Å². The fourth-order valence-electron chi connectivity index (χ4n) is 1.72. The number of hydrogen-bond donors (Lipinski definition) is 1. The van der Waals surface area contributed by atoms with Crippen LogP contribution >= 0.6 is 22.6 Å². The third-order valence-corrected chi connectivity index (χ3v) is 3.52.